The number of nitro groups is 1. The van der Waals surface area contributed by atoms with Crippen molar-refractivity contribution in [3.05, 3.63) is 34.4 Å². The van der Waals surface area contributed by atoms with Crippen LogP contribution in [0.2, 0.25) is 0 Å². The number of carbonyl (C=O) groups excluding carboxylic acids is 3. The van der Waals surface area contributed by atoms with Gasteiger partial charge in [0.05, 0.1) is 4.92 Å². The van der Waals surface area contributed by atoms with E-state index in [1.807, 2.05) is 0 Å². The fraction of sp³-hybridized carbons (Fsp3) is 0.526. The molecule has 0 aliphatic carbocycles. The molecule has 0 spiro atoms. The first-order valence-electron chi connectivity index (χ1n) is 9.14. The van der Waals surface area contributed by atoms with Gasteiger partial charge in [-0.3, -0.25) is 10.1 Å². The summed E-state index contributed by atoms with van der Waals surface area (Å²) in [6, 6.07) is 3.90. The van der Waals surface area contributed by atoms with Crippen LogP contribution in [0.15, 0.2) is 24.3 Å². The Morgan fingerprint density at radius 3 is 2.13 bits per heavy atom. The molecule has 0 aliphatic rings. The maximum absolute atomic E-state index is 12.2. The van der Waals surface area contributed by atoms with Crippen LogP contribution in [0, 0.1) is 16.0 Å². The van der Waals surface area contributed by atoms with E-state index >= 15 is 0 Å². The Kier molecular flexibility index (Phi) is 9.03. The van der Waals surface area contributed by atoms with Crippen LogP contribution in [0.1, 0.15) is 34.6 Å². The summed E-state index contributed by atoms with van der Waals surface area (Å²) in [4.78, 5) is 45.6. The molecule has 0 saturated heterocycles. The van der Waals surface area contributed by atoms with Gasteiger partial charge in [0, 0.05) is 12.1 Å². The molecule has 30 heavy (non-hydrogen) atoms. The first-order valence-corrected chi connectivity index (χ1v) is 9.14. The Morgan fingerprint density at radius 2 is 1.63 bits per heavy atom. The molecular formula is C19H26N2O9. The standard InChI is InChI=1S/C19H26N2O9/c1-12(2)15(20-17(23)30-19(3,4)5)16(22)27-10-11-28-18(24)29-14-8-6-13(7-9-14)21(25)26/h6-9,12,15H,10-11H2,1-5H3,(H,20,23). The predicted molar refractivity (Wildman–Crippen MR) is 104 cm³/mol. The smallest absolute Gasteiger partial charge is 0.461 e. The Bertz CT molecular complexity index is 754. The molecule has 1 amide bonds. The summed E-state index contributed by atoms with van der Waals surface area (Å²) in [5, 5.41) is 13.0. The normalized spacial score (nSPS) is 11.9. The predicted octanol–water partition coefficient (Wildman–Crippen LogP) is 3.20. The molecule has 1 atom stereocenters. The fourth-order valence-corrected chi connectivity index (χ4v) is 2.05. The summed E-state index contributed by atoms with van der Waals surface area (Å²) < 4.78 is 19.8. The van der Waals surface area contributed by atoms with E-state index in [1.54, 1.807) is 34.6 Å². The van der Waals surface area contributed by atoms with E-state index in [1.165, 1.54) is 24.3 Å². The number of alkyl carbamates (subject to hydrolysis) is 1. The summed E-state index contributed by atoms with van der Waals surface area (Å²) in [5.41, 5.74) is -0.866. The third-order valence-corrected chi connectivity index (χ3v) is 3.39. The maximum atomic E-state index is 12.2. The molecule has 11 heteroatoms. The average Bonchev–Trinajstić information content (AvgIpc) is 2.61. The van der Waals surface area contributed by atoms with E-state index in [-0.39, 0.29) is 30.6 Å². The number of benzene rings is 1. The lowest BCUT2D eigenvalue weighted by Crippen LogP contribution is -2.47. The van der Waals surface area contributed by atoms with Crippen LogP contribution in [0.3, 0.4) is 0 Å². The van der Waals surface area contributed by atoms with Gasteiger partial charge in [0.25, 0.3) is 5.69 Å². The highest BCUT2D eigenvalue weighted by molar-refractivity contribution is 5.81. The van der Waals surface area contributed by atoms with Crippen LogP contribution in [-0.2, 0) is 19.0 Å². The quantitative estimate of drug-likeness (QED) is 0.165. The lowest BCUT2D eigenvalue weighted by atomic mass is 10.1. The lowest BCUT2D eigenvalue weighted by molar-refractivity contribution is -0.384. The average molecular weight is 426 g/mol. The van der Waals surface area contributed by atoms with Crippen molar-refractivity contribution in [3.63, 3.8) is 0 Å². The molecule has 0 saturated carbocycles. The number of amides is 1. The summed E-state index contributed by atoms with van der Waals surface area (Å²) >= 11 is 0. The number of ether oxygens (including phenoxy) is 4. The molecule has 0 aliphatic heterocycles. The second-order valence-electron chi connectivity index (χ2n) is 7.49. The molecule has 0 fully saturated rings. The number of nitro benzene ring substituents is 1. The van der Waals surface area contributed by atoms with E-state index in [0.717, 1.165) is 0 Å². The zero-order chi connectivity index (χ0) is 22.9. The largest absolute Gasteiger partial charge is 0.513 e. The highest BCUT2D eigenvalue weighted by Gasteiger charge is 2.28. The number of rotatable bonds is 8. The molecule has 11 nitrogen and oxygen atoms in total. The van der Waals surface area contributed by atoms with Gasteiger partial charge in [-0.15, -0.1) is 0 Å². The van der Waals surface area contributed by atoms with E-state index in [0.29, 0.717) is 0 Å². The highest BCUT2D eigenvalue weighted by atomic mass is 16.7. The molecule has 1 N–H and O–H groups in total. The Morgan fingerprint density at radius 1 is 1.07 bits per heavy atom. The number of hydrogen-bond donors (Lipinski definition) is 1. The third-order valence-electron chi connectivity index (χ3n) is 3.39. The Balaban J connectivity index is 2.41. The van der Waals surface area contributed by atoms with Crippen molar-refractivity contribution in [1.82, 2.24) is 5.32 Å². The summed E-state index contributed by atoms with van der Waals surface area (Å²) in [6.45, 7) is 8.00. The molecule has 0 radical (unpaired) electrons. The van der Waals surface area contributed by atoms with Gasteiger partial charge < -0.3 is 24.3 Å². The van der Waals surface area contributed by atoms with Gasteiger partial charge in [-0.25, -0.2) is 14.4 Å². The SMILES string of the molecule is CC(C)C(NC(=O)OC(C)(C)C)C(=O)OCCOC(=O)Oc1ccc([N+](=O)[O-])cc1. The molecule has 0 bridgehead atoms. The van der Waals surface area contributed by atoms with Crippen molar-refractivity contribution in [1.29, 1.82) is 0 Å². The van der Waals surface area contributed by atoms with Crippen molar-refractivity contribution in [2.24, 2.45) is 5.92 Å². The minimum Gasteiger partial charge on any atom is -0.461 e. The van der Waals surface area contributed by atoms with Crippen molar-refractivity contribution in [2.75, 3.05) is 13.2 Å². The number of carbonyl (C=O) groups is 3. The number of nitrogens with zero attached hydrogens (tertiary/aromatic N) is 1. The van der Waals surface area contributed by atoms with Gasteiger partial charge in [0.15, 0.2) is 0 Å². The summed E-state index contributed by atoms with van der Waals surface area (Å²) in [7, 11) is 0. The van der Waals surface area contributed by atoms with Gasteiger partial charge in [-0.1, -0.05) is 13.8 Å². The summed E-state index contributed by atoms with van der Waals surface area (Å²) in [6.07, 6.45) is -1.81. The first-order chi connectivity index (χ1) is 13.9. The molecule has 1 rings (SSSR count). The van der Waals surface area contributed by atoms with Gasteiger partial charge in [0.2, 0.25) is 0 Å². The van der Waals surface area contributed by atoms with Crippen molar-refractivity contribution in [2.45, 2.75) is 46.3 Å². The number of hydrogen-bond acceptors (Lipinski definition) is 9. The van der Waals surface area contributed by atoms with E-state index in [4.69, 9.17) is 18.9 Å². The van der Waals surface area contributed by atoms with Crippen LogP contribution in [0.25, 0.3) is 0 Å². The van der Waals surface area contributed by atoms with Crippen molar-refractivity contribution < 1.29 is 38.3 Å². The number of non-ortho nitro benzene ring substituents is 1. The molecule has 1 aromatic rings. The highest BCUT2D eigenvalue weighted by Crippen LogP contribution is 2.17. The Labute approximate surface area is 173 Å². The second kappa shape index (κ2) is 11.0. The number of nitrogens with one attached hydrogen (secondary N) is 1. The van der Waals surface area contributed by atoms with Gasteiger partial charge >= 0.3 is 18.2 Å². The first kappa shape index (κ1) is 24.7. The molecule has 0 heterocycles. The zero-order valence-electron chi connectivity index (χ0n) is 17.5. The van der Waals surface area contributed by atoms with Gasteiger partial charge in [-0.05, 0) is 38.8 Å². The van der Waals surface area contributed by atoms with Gasteiger partial charge in [-0.2, -0.15) is 0 Å². The minimum absolute atomic E-state index is 0.0593. The van der Waals surface area contributed by atoms with Crippen LogP contribution in [-0.4, -0.2) is 48.0 Å². The topological polar surface area (TPSA) is 143 Å². The zero-order valence-corrected chi connectivity index (χ0v) is 17.5. The van der Waals surface area contributed by atoms with Crippen LogP contribution >= 0.6 is 0 Å². The van der Waals surface area contributed by atoms with Crippen LogP contribution < -0.4 is 10.1 Å². The molecule has 1 unspecified atom stereocenters. The molecule has 1 aromatic carbocycles. The molecule has 0 aromatic heterocycles. The van der Waals surface area contributed by atoms with Crippen LogP contribution in [0.4, 0.5) is 15.3 Å². The van der Waals surface area contributed by atoms with Crippen molar-refractivity contribution >= 4 is 23.9 Å². The maximum Gasteiger partial charge on any atom is 0.513 e. The van der Waals surface area contributed by atoms with E-state index in [9.17, 15) is 24.5 Å². The van der Waals surface area contributed by atoms with Crippen LogP contribution in [0.5, 0.6) is 5.75 Å². The van der Waals surface area contributed by atoms with Crippen molar-refractivity contribution in [3.8, 4) is 5.75 Å². The molecule has 166 valence electrons. The summed E-state index contributed by atoms with van der Waals surface area (Å²) in [5.74, 6) is -0.912. The second-order valence-corrected chi connectivity index (χ2v) is 7.49. The lowest BCUT2D eigenvalue weighted by Gasteiger charge is -2.24. The number of esters is 1. The third kappa shape index (κ3) is 9.22. The molecular weight excluding hydrogens is 400 g/mol. The minimum atomic E-state index is -1.06. The monoisotopic (exact) mass is 426 g/mol. The van der Waals surface area contributed by atoms with Gasteiger partial charge in [0.1, 0.15) is 30.6 Å². The van der Waals surface area contributed by atoms with E-state index < -0.39 is 34.8 Å². The fourth-order valence-electron chi connectivity index (χ4n) is 2.05. The van der Waals surface area contributed by atoms with E-state index in [2.05, 4.69) is 5.32 Å². The Hall–Kier alpha value is -3.37.